The van der Waals surface area contributed by atoms with Gasteiger partial charge in [0.2, 0.25) is 0 Å². The summed E-state index contributed by atoms with van der Waals surface area (Å²) in [6.45, 7) is -2.67. The Kier molecular flexibility index (Phi) is 11.3. The average molecular weight is 271 g/mol. The zero-order chi connectivity index (χ0) is 13.2. The van der Waals surface area contributed by atoms with Crippen LogP contribution in [0, 0.1) is 0 Å². The summed E-state index contributed by atoms with van der Waals surface area (Å²) in [6, 6.07) is 0. The first-order chi connectivity index (χ1) is 7.25. The molecule has 0 saturated carbocycles. The second kappa shape index (κ2) is 9.98. The third-order valence-corrected chi connectivity index (χ3v) is 1.68. The highest BCUT2D eigenvalue weighted by Gasteiger charge is 2.24. The van der Waals surface area contributed by atoms with Gasteiger partial charge in [-0.15, -0.1) is 0 Å². The third kappa shape index (κ3) is 16.2. The van der Waals surface area contributed by atoms with E-state index in [0.717, 1.165) is 0 Å². The monoisotopic (exact) mass is 271 g/mol. The Balaban J connectivity index is 0. The number of alkyl halides is 4. The lowest BCUT2D eigenvalue weighted by molar-refractivity contribution is 0.0292. The highest BCUT2D eigenvalue weighted by atomic mass is 31.2. The molecule has 2 N–H and O–H groups in total. The quantitative estimate of drug-likeness (QED) is 0.566. The van der Waals surface area contributed by atoms with Crippen molar-refractivity contribution in [3.8, 4) is 0 Å². The van der Waals surface area contributed by atoms with Gasteiger partial charge in [0.15, 0.2) is 0 Å². The fraction of sp³-hybridized carbons (Fsp3) is 1.00. The van der Waals surface area contributed by atoms with Crippen LogP contribution in [0.25, 0.3) is 0 Å². The Labute approximate surface area is 90.4 Å². The molecule has 10 heteroatoms. The van der Waals surface area contributed by atoms with Crippen LogP contribution in [0.15, 0.2) is 0 Å². The molecule has 0 aromatic rings. The summed E-state index contributed by atoms with van der Waals surface area (Å²) in [5.41, 5.74) is 0. The SMILES string of the molecule is CNC.O=P(O)(OCC(F)F)OCC(F)F. The highest BCUT2D eigenvalue weighted by Crippen LogP contribution is 2.43. The van der Waals surface area contributed by atoms with Gasteiger partial charge in [0.25, 0.3) is 12.9 Å². The first-order valence-corrected chi connectivity index (χ1v) is 5.51. The van der Waals surface area contributed by atoms with Crippen molar-refractivity contribution in [1.29, 1.82) is 0 Å². The first kappa shape index (κ1) is 18.2. The molecule has 0 aliphatic carbocycles. The maximum atomic E-state index is 11.4. The van der Waals surface area contributed by atoms with Crippen LogP contribution in [0.2, 0.25) is 0 Å². The minimum Gasteiger partial charge on any atom is -0.323 e. The number of hydrogen-bond acceptors (Lipinski definition) is 4. The third-order valence-electron chi connectivity index (χ3n) is 0.727. The van der Waals surface area contributed by atoms with Crippen molar-refractivity contribution in [2.24, 2.45) is 0 Å². The minimum atomic E-state index is -4.76. The van der Waals surface area contributed by atoms with Crippen molar-refractivity contribution in [3.63, 3.8) is 0 Å². The Morgan fingerprint density at radius 3 is 1.56 bits per heavy atom. The van der Waals surface area contributed by atoms with E-state index in [9.17, 15) is 22.1 Å². The number of phosphoric acid groups is 1. The average Bonchev–Trinajstić information content (AvgIpc) is 2.14. The maximum Gasteiger partial charge on any atom is 0.472 e. The van der Waals surface area contributed by atoms with Crippen molar-refractivity contribution in [2.75, 3.05) is 27.3 Å². The summed E-state index contributed by atoms with van der Waals surface area (Å²) in [4.78, 5) is 8.46. The van der Waals surface area contributed by atoms with Crippen molar-refractivity contribution < 1.29 is 36.1 Å². The van der Waals surface area contributed by atoms with Gasteiger partial charge in [-0.05, 0) is 14.1 Å². The molecule has 0 aromatic heterocycles. The van der Waals surface area contributed by atoms with E-state index in [-0.39, 0.29) is 0 Å². The first-order valence-electron chi connectivity index (χ1n) is 4.01. The van der Waals surface area contributed by atoms with Crippen LogP contribution >= 0.6 is 7.82 Å². The lowest BCUT2D eigenvalue weighted by Gasteiger charge is -2.10. The number of rotatable bonds is 6. The standard InChI is InChI=1S/C4H7F4O4P.C2H7N/c5-3(6)1-11-13(9,10)12-2-4(7)8;1-3-2/h3-4H,1-2H2,(H,9,10);3H,1-2H3. The maximum absolute atomic E-state index is 11.4. The molecule has 0 spiro atoms. The van der Waals surface area contributed by atoms with Crippen LogP contribution in [-0.4, -0.2) is 45.1 Å². The van der Waals surface area contributed by atoms with Gasteiger partial charge >= 0.3 is 7.82 Å². The fourth-order valence-corrected chi connectivity index (χ4v) is 1.02. The molecule has 0 amide bonds. The normalized spacial score (nSPS) is 11.6. The Morgan fingerprint density at radius 1 is 1.12 bits per heavy atom. The van der Waals surface area contributed by atoms with Crippen molar-refractivity contribution in [3.05, 3.63) is 0 Å². The van der Waals surface area contributed by atoms with Gasteiger partial charge < -0.3 is 10.2 Å². The molecule has 0 aliphatic rings. The molecule has 16 heavy (non-hydrogen) atoms. The molecule has 0 radical (unpaired) electrons. The molecular formula is C6H14F4NO4P. The van der Waals surface area contributed by atoms with Gasteiger partial charge in [-0.3, -0.25) is 9.05 Å². The molecule has 0 saturated heterocycles. The zero-order valence-corrected chi connectivity index (χ0v) is 9.59. The van der Waals surface area contributed by atoms with Crippen LogP contribution in [-0.2, 0) is 13.6 Å². The largest absolute Gasteiger partial charge is 0.472 e. The predicted molar refractivity (Wildman–Crippen MR) is 48.7 cm³/mol. The lowest BCUT2D eigenvalue weighted by atomic mass is 10.8. The van der Waals surface area contributed by atoms with Gasteiger partial charge in [0.05, 0.1) is 0 Å². The van der Waals surface area contributed by atoms with Gasteiger partial charge in [-0.2, -0.15) is 0 Å². The van der Waals surface area contributed by atoms with E-state index in [1.807, 2.05) is 14.1 Å². The van der Waals surface area contributed by atoms with E-state index in [1.54, 1.807) is 0 Å². The van der Waals surface area contributed by atoms with E-state index in [1.165, 1.54) is 0 Å². The summed E-state index contributed by atoms with van der Waals surface area (Å²) in [6.07, 6.45) is -5.92. The summed E-state index contributed by atoms with van der Waals surface area (Å²) in [7, 11) is -1.01. The summed E-state index contributed by atoms with van der Waals surface area (Å²) in [5, 5.41) is 2.75. The Bertz CT molecular complexity index is 191. The number of halogens is 4. The summed E-state index contributed by atoms with van der Waals surface area (Å²) < 4.78 is 63.4. The molecule has 0 fully saturated rings. The molecule has 0 heterocycles. The zero-order valence-electron chi connectivity index (χ0n) is 8.70. The predicted octanol–water partition coefficient (Wildman–Crippen LogP) is 1.49. The van der Waals surface area contributed by atoms with Gasteiger partial charge in [-0.25, -0.2) is 22.1 Å². The van der Waals surface area contributed by atoms with E-state index in [0.29, 0.717) is 0 Å². The molecule has 100 valence electrons. The van der Waals surface area contributed by atoms with Crippen LogP contribution in [0.1, 0.15) is 0 Å². The molecule has 0 unspecified atom stereocenters. The van der Waals surface area contributed by atoms with Crippen LogP contribution < -0.4 is 5.32 Å². The van der Waals surface area contributed by atoms with Gasteiger partial charge in [0, 0.05) is 0 Å². The smallest absolute Gasteiger partial charge is 0.323 e. The van der Waals surface area contributed by atoms with Crippen molar-refractivity contribution >= 4 is 7.82 Å². The lowest BCUT2D eigenvalue weighted by Crippen LogP contribution is -2.08. The molecular weight excluding hydrogens is 257 g/mol. The molecule has 0 aliphatic heterocycles. The molecule has 0 bridgehead atoms. The van der Waals surface area contributed by atoms with Crippen molar-refractivity contribution in [2.45, 2.75) is 12.9 Å². The van der Waals surface area contributed by atoms with E-state index < -0.39 is 33.9 Å². The Morgan fingerprint density at radius 2 is 1.38 bits per heavy atom. The van der Waals surface area contributed by atoms with E-state index in [2.05, 4.69) is 14.4 Å². The molecule has 0 rings (SSSR count). The van der Waals surface area contributed by atoms with Crippen LogP contribution in [0.3, 0.4) is 0 Å². The van der Waals surface area contributed by atoms with Gasteiger partial charge in [0.1, 0.15) is 13.2 Å². The van der Waals surface area contributed by atoms with E-state index >= 15 is 0 Å². The highest BCUT2D eigenvalue weighted by molar-refractivity contribution is 7.47. The molecule has 5 nitrogen and oxygen atoms in total. The second-order valence-electron chi connectivity index (χ2n) is 2.34. The van der Waals surface area contributed by atoms with Crippen molar-refractivity contribution in [1.82, 2.24) is 5.32 Å². The fourth-order valence-electron chi connectivity index (χ4n) is 0.338. The molecule has 0 aromatic carbocycles. The minimum absolute atomic E-state index is 1.34. The summed E-state index contributed by atoms with van der Waals surface area (Å²) >= 11 is 0. The topological polar surface area (TPSA) is 67.8 Å². The second-order valence-corrected chi connectivity index (χ2v) is 3.80. The Hall–Kier alpha value is -0.210. The number of hydrogen-bond donors (Lipinski definition) is 2. The van der Waals surface area contributed by atoms with Crippen LogP contribution in [0.4, 0.5) is 17.6 Å². The van der Waals surface area contributed by atoms with Gasteiger partial charge in [-0.1, -0.05) is 0 Å². The number of nitrogens with one attached hydrogen (secondary N) is 1. The van der Waals surface area contributed by atoms with Crippen LogP contribution in [0.5, 0.6) is 0 Å². The number of phosphoric ester groups is 1. The summed E-state index contributed by atoms with van der Waals surface area (Å²) in [5.74, 6) is 0. The van der Waals surface area contributed by atoms with E-state index in [4.69, 9.17) is 4.89 Å². The molecule has 0 atom stereocenters.